The minimum absolute atomic E-state index is 0.0381. The predicted molar refractivity (Wildman–Crippen MR) is 69.8 cm³/mol. The number of halogens is 1. The summed E-state index contributed by atoms with van der Waals surface area (Å²) in [7, 11) is 3.42. The van der Waals surface area contributed by atoms with Crippen LogP contribution in [0.15, 0.2) is 28.7 Å². The molecule has 1 aromatic carbocycles. The van der Waals surface area contributed by atoms with Crippen LogP contribution in [-0.4, -0.2) is 26.9 Å². The highest BCUT2D eigenvalue weighted by Crippen LogP contribution is 2.34. The molecule has 0 saturated carbocycles. The fraction of sp³-hybridized carbons (Fsp3) is 0.538. The quantitative estimate of drug-likeness (QED) is 0.826. The van der Waals surface area contributed by atoms with E-state index >= 15 is 0 Å². The number of hydrogen-bond acceptors (Lipinski definition) is 2. The molecule has 0 aromatic heterocycles. The highest BCUT2D eigenvalue weighted by atomic mass is 79.9. The predicted octanol–water partition coefficient (Wildman–Crippen LogP) is 3.39. The van der Waals surface area contributed by atoms with Gasteiger partial charge in [0.15, 0.2) is 0 Å². The molecule has 2 nitrogen and oxygen atoms in total. The minimum Gasteiger partial charge on any atom is -0.382 e. The lowest BCUT2D eigenvalue weighted by Crippen LogP contribution is -2.38. The summed E-state index contributed by atoms with van der Waals surface area (Å²) in [6.45, 7) is 4.92. The number of hydrogen-bond donors (Lipinski definition) is 0. The summed E-state index contributed by atoms with van der Waals surface area (Å²) < 4.78 is 11.8. The molecule has 0 amide bonds. The highest BCUT2D eigenvalue weighted by molar-refractivity contribution is 9.10. The van der Waals surface area contributed by atoms with Crippen LogP contribution in [-0.2, 0) is 14.9 Å². The zero-order valence-electron chi connectivity index (χ0n) is 10.3. The average molecular weight is 287 g/mol. The van der Waals surface area contributed by atoms with Crippen LogP contribution >= 0.6 is 15.9 Å². The molecule has 1 rings (SSSR count). The van der Waals surface area contributed by atoms with Crippen LogP contribution in [0.1, 0.15) is 19.4 Å². The van der Waals surface area contributed by atoms with Crippen molar-refractivity contribution >= 4 is 15.9 Å². The lowest BCUT2D eigenvalue weighted by atomic mass is 9.79. The summed E-state index contributed by atoms with van der Waals surface area (Å²) in [5, 5.41) is 0. The van der Waals surface area contributed by atoms with Crippen LogP contribution in [0, 0.1) is 0 Å². The first-order valence-corrected chi connectivity index (χ1v) is 6.10. The molecule has 3 heteroatoms. The van der Waals surface area contributed by atoms with E-state index in [1.165, 1.54) is 5.56 Å². The lowest BCUT2D eigenvalue weighted by Gasteiger charge is -2.34. The zero-order valence-corrected chi connectivity index (χ0v) is 11.9. The van der Waals surface area contributed by atoms with Gasteiger partial charge in [0.2, 0.25) is 0 Å². The lowest BCUT2D eigenvalue weighted by molar-refractivity contribution is -0.0130. The third kappa shape index (κ3) is 2.84. The van der Waals surface area contributed by atoms with Crippen LogP contribution in [0.3, 0.4) is 0 Å². The Morgan fingerprint density at radius 1 is 1.25 bits per heavy atom. The smallest absolute Gasteiger partial charge is 0.0895 e. The molecule has 1 aromatic rings. The average Bonchev–Trinajstić information content (AvgIpc) is 2.26. The normalized spacial score (nSPS) is 13.8. The van der Waals surface area contributed by atoms with Crippen LogP contribution < -0.4 is 0 Å². The summed E-state index contributed by atoms with van der Waals surface area (Å²) in [6, 6.07) is 8.23. The van der Waals surface area contributed by atoms with E-state index in [0.717, 1.165) is 4.47 Å². The molecule has 0 aliphatic heterocycles. The van der Waals surface area contributed by atoms with Crippen molar-refractivity contribution in [3.8, 4) is 0 Å². The number of ether oxygens (including phenoxy) is 2. The Kier molecular flexibility index (Phi) is 4.96. The molecule has 0 aliphatic carbocycles. The second kappa shape index (κ2) is 5.80. The van der Waals surface area contributed by atoms with Crippen molar-refractivity contribution in [3.63, 3.8) is 0 Å². The van der Waals surface area contributed by atoms with E-state index in [1.54, 1.807) is 14.2 Å². The third-order valence-electron chi connectivity index (χ3n) is 2.98. The molecule has 0 bridgehead atoms. The molecule has 0 fully saturated rings. The molecule has 90 valence electrons. The maximum absolute atomic E-state index is 5.52. The molecule has 0 radical (unpaired) electrons. The molecular formula is C13H19BrO2. The summed E-state index contributed by atoms with van der Waals surface area (Å²) in [5.41, 5.74) is 1.14. The second-order valence-electron chi connectivity index (χ2n) is 4.38. The number of rotatable bonds is 5. The summed E-state index contributed by atoms with van der Waals surface area (Å²) >= 11 is 3.58. The Morgan fingerprint density at radius 2 is 1.88 bits per heavy atom. The first-order chi connectivity index (χ1) is 7.54. The summed E-state index contributed by atoms with van der Waals surface area (Å²) in [6.07, 6.45) is 0.0381. The Bertz CT molecular complexity index is 336. The van der Waals surface area contributed by atoms with E-state index in [0.29, 0.717) is 6.61 Å². The topological polar surface area (TPSA) is 18.5 Å². The van der Waals surface area contributed by atoms with E-state index < -0.39 is 0 Å². The van der Waals surface area contributed by atoms with Crippen molar-refractivity contribution in [2.24, 2.45) is 0 Å². The molecule has 0 spiro atoms. The summed E-state index contributed by atoms with van der Waals surface area (Å²) in [4.78, 5) is 0. The van der Waals surface area contributed by atoms with Crippen LogP contribution in [0.4, 0.5) is 0 Å². The Balaban J connectivity index is 3.04. The SMILES string of the molecule is COC[C@H](OC)C(C)(C)c1ccccc1Br. The fourth-order valence-corrected chi connectivity index (χ4v) is 2.68. The van der Waals surface area contributed by atoms with E-state index in [-0.39, 0.29) is 11.5 Å². The first-order valence-electron chi connectivity index (χ1n) is 5.30. The Morgan fingerprint density at radius 3 is 2.38 bits per heavy atom. The molecule has 0 saturated heterocycles. The zero-order chi connectivity index (χ0) is 12.2. The standard InChI is InChI=1S/C13H19BrO2/c1-13(2,12(16-4)9-15-3)10-7-5-6-8-11(10)14/h5-8,12H,9H2,1-4H3/t12-/m0/s1. The van der Waals surface area contributed by atoms with Gasteiger partial charge in [-0.15, -0.1) is 0 Å². The Hall–Kier alpha value is -0.380. The van der Waals surface area contributed by atoms with Crippen molar-refractivity contribution in [1.29, 1.82) is 0 Å². The number of benzene rings is 1. The van der Waals surface area contributed by atoms with Crippen LogP contribution in [0.2, 0.25) is 0 Å². The molecule has 16 heavy (non-hydrogen) atoms. The molecule has 0 aliphatic rings. The monoisotopic (exact) mass is 286 g/mol. The Labute approximate surface area is 106 Å². The van der Waals surface area contributed by atoms with Gasteiger partial charge in [0.1, 0.15) is 0 Å². The van der Waals surface area contributed by atoms with Crippen molar-refractivity contribution in [2.75, 3.05) is 20.8 Å². The largest absolute Gasteiger partial charge is 0.382 e. The van der Waals surface area contributed by atoms with Gasteiger partial charge in [-0.1, -0.05) is 48.0 Å². The van der Waals surface area contributed by atoms with Gasteiger partial charge in [-0.25, -0.2) is 0 Å². The van der Waals surface area contributed by atoms with Crippen molar-refractivity contribution in [2.45, 2.75) is 25.4 Å². The van der Waals surface area contributed by atoms with Crippen molar-refractivity contribution in [1.82, 2.24) is 0 Å². The molecule has 0 unspecified atom stereocenters. The first kappa shape index (κ1) is 13.7. The van der Waals surface area contributed by atoms with E-state index in [4.69, 9.17) is 9.47 Å². The van der Waals surface area contributed by atoms with E-state index in [1.807, 2.05) is 12.1 Å². The van der Waals surface area contributed by atoms with Gasteiger partial charge in [0.05, 0.1) is 12.7 Å². The fourth-order valence-electron chi connectivity index (χ4n) is 1.88. The van der Waals surface area contributed by atoms with Gasteiger partial charge in [-0.05, 0) is 11.6 Å². The van der Waals surface area contributed by atoms with Crippen LogP contribution in [0.5, 0.6) is 0 Å². The van der Waals surface area contributed by atoms with Crippen molar-refractivity contribution < 1.29 is 9.47 Å². The molecule has 1 atom stereocenters. The van der Waals surface area contributed by atoms with Crippen LogP contribution in [0.25, 0.3) is 0 Å². The third-order valence-corrected chi connectivity index (χ3v) is 3.67. The highest BCUT2D eigenvalue weighted by Gasteiger charge is 2.32. The van der Waals surface area contributed by atoms with Gasteiger partial charge in [-0.3, -0.25) is 0 Å². The van der Waals surface area contributed by atoms with E-state index in [2.05, 4.69) is 41.9 Å². The molecular weight excluding hydrogens is 268 g/mol. The van der Waals surface area contributed by atoms with Gasteiger partial charge in [0, 0.05) is 24.1 Å². The van der Waals surface area contributed by atoms with Gasteiger partial charge >= 0.3 is 0 Å². The minimum atomic E-state index is -0.0924. The maximum atomic E-state index is 5.52. The van der Waals surface area contributed by atoms with Gasteiger partial charge in [0.25, 0.3) is 0 Å². The van der Waals surface area contributed by atoms with E-state index in [9.17, 15) is 0 Å². The maximum Gasteiger partial charge on any atom is 0.0895 e. The number of methoxy groups -OCH3 is 2. The van der Waals surface area contributed by atoms with Gasteiger partial charge in [-0.2, -0.15) is 0 Å². The second-order valence-corrected chi connectivity index (χ2v) is 5.24. The molecule has 0 heterocycles. The molecule has 0 N–H and O–H groups in total. The summed E-state index contributed by atoms with van der Waals surface area (Å²) in [5.74, 6) is 0. The van der Waals surface area contributed by atoms with Gasteiger partial charge < -0.3 is 9.47 Å². The van der Waals surface area contributed by atoms with Crippen molar-refractivity contribution in [3.05, 3.63) is 34.3 Å².